The number of likely N-dealkylation sites (N-methyl/N-ethyl adjacent to an activating group) is 1. The summed E-state index contributed by atoms with van der Waals surface area (Å²) in [5.74, 6) is -0.307. The lowest BCUT2D eigenvalue weighted by molar-refractivity contribution is -0.870. The summed E-state index contributed by atoms with van der Waals surface area (Å²) in [5.41, 5.74) is 0. The molecule has 0 aliphatic carbocycles. The summed E-state index contributed by atoms with van der Waals surface area (Å²) in [7, 11) is 1.68. The molecule has 0 aromatic rings. The smallest absolute Gasteiger partial charge is 0.457 e. The lowest BCUT2D eigenvalue weighted by Gasteiger charge is -2.24. The van der Waals surface area contributed by atoms with E-state index in [-0.39, 0.29) is 25.8 Å². The molecule has 1 N–H and O–H groups in total. The Hall–Kier alpha value is -0.760. The van der Waals surface area contributed by atoms with Crippen LogP contribution in [0.3, 0.4) is 0 Å². The number of phosphoric acid groups is 1. The Morgan fingerprint density at radius 2 is 0.852 bits per heavy atom. The maximum absolute atomic E-state index is 12.8. The Labute approximate surface area is 380 Å². The number of esters is 1. The van der Waals surface area contributed by atoms with Gasteiger partial charge in [0.25, 0.3) is 0 Å². The van der Waals surface area contributed by atoms with Crippen molar-refractivity contribution in [2.45, 2.75) is 264 Å². The quantitative estimate of drug-likeness (QED) is 0.0214. The maximum atomic E-state index is 12.8. The molecule has 0 saturated heterocycles. The van der Waals surface area contributed by atoms with E-state index >= 15 is 0 Å². The highest BCUT2D eigenvalue weighted by molar-refractivity contribution is 7.47. The number of hydrogen-bond donors (Lipinski definition) is 1. The molecule has 0 saturated carbocycles. The minimum atomic E-state index is -4.27. The van der Waals surface area contributed by atoms with E-state index in [9.17, 15) is 14.3 Å². The minimum absolute atomic E-state index is 0.0921. The summed E-state index contributed by atoms with van der Waals surface area (Å²) in [5, 5.41) is 0. The highest BCUT2D eigenvalue weighted by Gasteiger charge is 2.26. The number of hydrogen-bond acceptors (Lipinski definition) is 6. The van der Waals surface area contributed by atoms with E-state index in [1.165, 1.54) is 205 Å². The molecule has 0 aromatic heterocycles. The molecule has 0 amide bonds. The predicted octanol–water partition coefficient (Wildman–Crippen LogP) is 16.2. The second-order valence-electron chi connectivity index (χ2n) is 19.3. The SMILES string of the molecule is CCCCCCCCCC/C=C\CCCCCCCCCCCCOCC(COP(=O)(O)OCC[N+](C)(C)C)OC(=O)CCCCCCCCCCCCCCCCCCC. The molecule has 2 atom stereocenters. The van der Waals surface area contributed by atoms with Crippen molar-refractivity contribution in [1.29, 1.82) is 0 Å². The van der Waals surface area contributed by atoms with Crippen LogP contribution in [0.1, 0.15) is 258 Å². The fraction of sp³-hybridized carbons (Fsp3) is 0.942. The number of phosphoric ester groups is 1. The zero-order chi connectivity index (χ0) is 44.8. The van der Waals surface area contributed by atoms with Crippen molar-refractivity contribution in [3.63, 3.8) is 0 Å². The molecule has 0 fully saturated rings. The number of nitrogens with zero attached hydrogens (tertiary/aromatic N) is 1. The molecule has 364 valence electrons. The average Bonchev–Trinajstić information content (AvgIpc) is 3.22. The van der Waals surface area contributed by atoms with Crippen LogP contribution in [0.4, 0.5) is 0 Å². The molecule has 8 nitrogen and oxygen atoms in total. The van der Waals surface area contributed by atoms with Gasteiger partial charge in [-0.2, -0.15) is 0 Å². The topological polar surface area (TPSA) is 91.3 Å². The number of rotatable bonds is 50. The molecule has 0 heterocycles. The molecular weight excluding hydrogens is 782 g/mol. The van der Waals surface area contributed by atoms with Crippen molar-refractivity contribution in [3.05, 3.63) is 12.2 Å². The average molecular weight is 887 g/mol. The Morgan fingerprint density at radius 3 is 1.25 bits per heavy atom. The van der Waals surface area contributed by atoms with Crippen molar-refractivity contribution in [3.8, 4) is 0 Å². The number of ether oxygens (including phenoxy) is 2. The predicted molar refractivity (Wildman–Crippen MR) is 261 cm³/mol. The minimum Gasteiger partial charge on any atom is -0.457 e. The van der Waals surface area contributed by atoms with Gasteiger partial charge in [0.15, 0.2) is 0 Å². The molecule has 2 unspecified atom stereocenters. The van der Waals surface area contributed by atoms with Crippen molar-refractivity contribution >= 4 is 13.8 Å². The van der Waals surface area contributed by atoms with Crippen LogP contribution in [-0.2, 0) is 27.9 Å². The lowest BCUT2D eigenvalue weighted by atomic mass is 10.0. The monoisotopic (exact) mass is 887 g/mol. The van der Waals surface area contributed by atoms with Crippen LogP contribution >= 0.6 is 7.82 Å². The van der Waals surface area contributed by atoms with Crippen LogP contribution in [-0.4, -0.2) is 75.6 Å². The Bertz CT molecular complexity index is 987. The highest BCUT2D eigenvalue weighted by atomic mass is 31.2. The summed E-state index contributed by atoms with van der Waals surface area (Å²) >= 11 is 0. The Kier molecular flexibility index (Phi) is 45.2. The van der Waals surface area contributed by atoms with E-state index in [1.807, 2.05) is 21.1 Å². The molecule has 0 bridgehead atoms. The Morgan fingerprint density at radius 1 is 0.492 bits per heavy atom. The van der Waals surface area contributed by atoms with Gasteiger partial charge in [-0.1, -0.05) is 225 Å². The van der Waals surface area contributed by atoms with Gasteiger partial charge in [-0.25, -0.2) is 4.57 Å². The second kappa shape index (κ2) is 45.8. The number of allylic oxidation sites excluding steroid dienone is 2. The molecule has 0 aromatic carbocycles. The van der Waals surface area contributed by atoms with Crippen molar-refractivity contribution < 1.29 is 37.3 Å². The molecule has 0 aliphatic rings. The lowest BCUT2D eigenvalue weighted by Crippen LogP contribution is -2.37. The summed E-state index contributed by atoms with van der Waals surface area (Å²) in [6.45, 7) is 5.68. The van der Waals surface area contributed by atoms with Gasteiger partial charge in [0, 0.05) is 13.0 Å². The molecular formula is C52H105NO7P+. The number of quaternary nitrogens is 1. The van der Waals surface area contributed by atoms with E-state index in [0.29, 0.717) is 24.1 Å². The molecule has 0 aliphatic heterocycles. The fourth-order valence-electron chi connectivity index (χ4n) is 7.73. The van der Waals surface area contributed by atoms with Gasteiger partial charge in [-0.05, 0) is 38.5 Å². The zero-order valence-electron chi connectivity index (χ0n) is 41.4. The van der Waals surface area contributed by atoms with E-state index in [2.05, 4.69) is 26.0 Å². The van der Waals surface area contributed by atoms with Gasteiger partial charge < -0.3 is 18.9 Å². The van der Waals surface area contributed by atoms with Crippen LogP contribution in [0.5, 0.6) is 0 Å². The van der Waals surface area contributed by atoms with Crippen molar-refractivity contribution in [1.82, 2.24) is 0 Å². The third kappa shape index (κ3) is 50.1. The molecule has 0 radical (unpaired) electrons. The second-order valence-corrected chi connectivity index (χ2v) is 20.7. The zero-order valence-corrected chi connectivity index (χ0v) is 42.3. The van der Waals surface area contributed by atoms with E-state index in [0.717, 1.165) is 32.1 Å². The fourth-order valence-corrected chi connectivity index (χ4v) is 8.47. The molecule has 9 heteroatoms. The summed E-state index contributed by atoms with van der Waals surface area (Å²) in [4.78, 5) is 23.0. The van der Waals surface area contributed by atoms with Crippen LogP contribution in [0, 0.1) is 0 Å². The van der Waals surface area contributed by atoms with E-state index < -0.39 is 13.9 Å². The van der Waals surface area contributed by atoms with Crippen molar-refractivity contribution in [2.75, 3.05) is 54.1 Å². The number of unbranched alkanes of at least 4 members (excludes halogenated alkanes) is 34. The van der Waals surface area contributed by atoms with E-state index in [1.54, 1.807) is 0 Å². The van der Waals surface area contributed by atoms with Crippen LogP contribution in [0.15, 0.2) is 12.2 Å². The van der Waals surface area contributed by atoms with Gasteiger partial charge in [-0.3, -0.25) is 13.8 Å². The van der Waals surface area contributed by atoms with Crippen LogP contribution in [0.25, 0.3) is 0 Å². The highest BCUT2D eigenvalue weighted by Crippen LogP contribution is 2.43. The van der Waals surface area contributed by atoms with Crippen molar-refractivity contribution in [2.24, 2.45) is 0 Å². The van der Waals surface area contributed by atoms with Gasteiger partial charge in [-0.15, -0.1) is 0 Å². The van der Waals surface area contributed by atoms with Gasteiger partial charge in [0.05, 0.1) is 34.4 Å². The normalized spacial score (nSPS) is 13.6. The largest absolute Gasteiger partial charge is 0.472 e. The first-order chi connectivity index (χ1) is 29.6. The first-order valence-corrected chi connectivity index (χ1v) is 27.9. The number of carbonyl (C=O) groups excluding carboxylic acids is 1. The third-order valence-corrected chi connectivity index (χ3v) is 12.8. The third-order valence-electron chi connectivity index (χ3n) is 11.8. The van der Waals surface area contributed by atoms with E-state index in [4.69, 9.17) is 18.5 Å². The molecule has 0 spiro atoms. The van der Waals surface area contributed by atoms with Gasteiger partial charge >= 0.3 is 13.8 Å². The molecule has 0 rings (SSSR count). The summed E-state index contributed by atoms with van der Waals surface area (Å²) in [6, 6.07) is 0. The number of carbonyl (C=O) groups is 1. The summed E-state index contributed by atoms with van der Waals surface area (Å²) < 4.78 is 35.2. The Balaban J connectivity index is 4.08. The standard InChI is InChI=1S/C52H104NO7P/c1-6-8-10-12-14-16-18-20-22-24-25-26-27-28-30-32-34-36-38-40-42-44-47-57-49-51(50-59-61(55,56)58-48-46-53(3,4)5)60-52(54)45-43-41-39-37-35-33-31-29-23-21-19-17-15-13-11-9-7-2/h24-25,51H,6-23,26-50H2,1-5H3/p+1/b25-24-. The van der Waals surface area contributed by atoms with Crippen LogP contribution in [0.2, 0.25) is 0 Å². The molecule has 61 heavy (non-hydrogen) atoms. The maximum Gasteiger partial charge on any atom is 0.472 e. The van der Waals surface area contributed by atoms with Crippen LogP contribution < -0.4 is 0 Å². The first kappa shape index (κ1) is 60.2. The first-order valence-electron chi connectivity index (χ1n) is 26.4. The summed E-state index contributed by atoms with van der Waals surface area (Å²) in [6.07, 6.45) is 52.6. The van der Waals surface area contributed by atoms with Gasteiger partial charge in [0.2, 0.25) is 0 Å². The van der Waals surface area contributed by atoms with Gasteiger partial charge in [0.1, 0.15) is 19.3 Å².